The van der Waals surface area contributed by atoms with Crippen molar-refractivity contribution >= 4 is 22.7 Å². The summed E-state index contributed by atoms with van der Waals surface area (Å²) in [5, 5.41) is 6.68. The molecule has 180 valence electrons. The molecule has 4 rings (SSSR count). The Bertz CT molecular complexity index is 1260. The third kappa shape index (κ3) is 5.43. The number of aromatic nitrogens is 4. The van der Waals surface area contributed by atoms with Crippen molar-refractivity contribution in [3.63, 3.8) is 0 Å². The Morgan fingerprint density at radius 3 is 1.74 bits per heavy atom. The molecule has 1 aromatic carbocycles. The van der Waals surface area contributed by atoms with E-state index in [1.165, 1.54) is 22.3 Å². The summed E-state index contributed by atoms with van der Waals surface area (Å²) >= 11 is 0. The van der Waals surface area contributed by atoms with E-state index in [4.69, 9.17) is 4.98 Å². The van der Waals surface area contributed by atoms with Gasteiger partial charge in [-0.05, 0) is 76.9 Å². The second kappa shape index (κ2) is 10.6. The average molecular weight is 467 g/mol. The molecule has 0 unspecified atom stereocenters. The van der Waals surface area contributed by atoms with Crippen LogP contribution in [0, 0.1) is 13.8 Å². The maximum atomic E-state index is 4.70. The van der Waals surface area contributed by atoms with Gasteiger partial charge < -0.3 is 15.6 Å². The Balaban J connectivity index is 1.67. The quantitative estimate of drug-likeness (QED) is 0.242. The number of benzene rings is 1. The van der Waals surface area contributed by atoms with Gasteiger partial charge in [0.15, 0.2) is 0 Å². The Kier molecular flexibility index (Phi) is 7.30. The smallest absolute Gasteiger partial charge is 0.126 e. The normalized spacial score (nSPS) is 10.8. The van der Waals surface area contributed by atoms with E-state index < -0.39 is 0 Å². The number of pyridine rings is 2. The van der Waals surface area contributed by atoms with Crippen molar-refractivity contribution in [2.45, 2.75) is 41.5 Å². The van der Waals surface area contributed by atoms with Crippen LogP contribution in [0.25, 0.3) is 33.3 Å². The Hall–Kier alpha value is -3.93. The number of nitrogens with zero attached hydrogens (tertiary/aromatic N) is 3. The second-order valence-electron chi connectivity index (χ2n) is 9.32. The summed E-state index contributed by atoms with van der Waals surface area (Å²) in [4.78, 5) is 17.4. The summed E-state index contributed by atoms with van der Waals surface area (Å²) in [6, 6.07) is 8.29. The van der Waals surface area contributed by atoms with Gasteiger partial charge in [-0.3, -0.25) is 0 Å². The number of aromatic amines is 1. The number of hydrogen-bond acceptors (Lipinski definition) is 5. The average Bonchev–Trinajstić information content (AvgIpc) is 3.30. The van der Waals surface area contributed by atoms with Crippen molar-refractivity contribution in [3.8, 4) is 22.3 Å². The molecule has 6 heteroatoms. The lowest BCUT2D eigenvalue weighted by atomic mass is 9.89. The van der Waals surface area contributed by atoms with Gasteiger partial charge in [-0.25, -0.2) is 15.0 Å². The molecule has 6 nitrogen and oxygen atoms in total. The molecule has 0 radical (unpaired) electrons. The Morgan fingerprint density at radius 1 is 0.743 bits per heavy atom. The number of allylic oxidation sites excluding steroid dienone is 2. The second-order valence-corrected chi connectivity index (χ2v) is 9.32. The number of rotatable bonds is 8. The minimum Gasteiger partial charge on any atom is -0.367 e. The molecular weight excluding hydrogens is 432 g/mol. The first-order chi connectivity index (χ1) is 16.8. The van der Waals surface area contributed by atoms with Crippen LogP contribution in [0.2, 0.25) is 0 Å². The van der Waals surface area contributed by atoms with Crippen molar-refractivity contribution in [1.29, 1.82) is 0 Å². The topological polar surface area (TPSA) is 78.5 Å². The van der Waals surface area contributed by atoms with Crippen molar-refractivity contribution in [2.24, 2.45) is 0 Å². The highest BCUT2D eigenvalue weighted by molar-refractivity contribution is 6.03. The largest absolute Gasteiger partial charge is 0.367 e. The van der Waals surface area contributed by atoms with Gasteiger partial charge in [0.2, 0.25) is 0 Å². The number of fused-ring (bicyclic) bond motifs is 1. The summed E-state index contributed by atoms with van der Waals surface area (Å²) in [5.41, 5.74) is 11.3. The molecule has 0 amide bonds. The van der Waals surface area contributed by atoms with Crippen LogP contribution >= 0.6 is 0 Å². The third-order valence-corrected chi connectivity index (χ3v) is 6.13. The van der Waals surface area contributed by atoms with Gasteiger partial charge in [-0.15, -0.1) is 0 Å². The summed E-state index contributed by atoms with van der Waals surface area (Å²) in [7, 11) is 0. The van der Waals surface area contributed by atoms with Crippen molar-refractivity contribution in [2.75, 3.05) is 23.7 Å². The van der Waals surface area contributed by atoms with Gasteiger partial charge in [-0.2, -0.15) is 0 Å². The summed E-state index contributed by atoms with van der Waals surface area (Å²) in [6.45, 7) is 14.2. The van der Waals surface area contributed by atoms with Crippen LogP contribution in [0.3, 0.4) is 0 Å². The van der Waals surface area contributed by atoms with Crippen LogP contribution in [0.1, 0.15) is 38.8 Å². The predicted octanol–water partition coefficient (Wildman–Crippen LogP) is 7.06. The van der Waals surface area contributed by atoms with Crippen molar-refractivity contribution < 1.29 is 0 Å². The van der Waals surface area contributed by atoms with Crippen molar-refractivity contribution in [3.05, 3.63) is 77.4 Å². The first kappa shape index (κ1) is 24.2. The lowest BCUT2D eigenvalue weighted by Crippen LogP contribution is -2.02. The maximum Gasteiger partial charge on any atom is 0.126 e. The fourth-order valence-electron chi connectivity index (χ4n) is 4.14. The van der Waals surface area contributed by atoms with Crippen LogP contribution in [0.4, 0.5) is 11.6 Å². The molecule has 0 saturated carbocycles. The molecule has 35 heavy (non-hydrogen) atoms. The molecule has 0 aliphatic heterocycles. The van der Waals surface area contributed by atoms with Gasteiger partial charge in [-0.1, -0.05) is 23.3 Å². The van der Waals surface area contributed by atoms with E-state index >= 15 is 0 Å². The number of H-pyrrole nitrogens is 1. The highest BCUT2D eigenvalue weighted by atomic mass is 15.0. The maximum absolute atomic E-state index is 4.70. The minimum atomic E-state index is 0.766. The summed E-state index contributed by atoms with van der Waals surface area (Å²) < 4.78 is 0. The van der Waals surface area contributed by atoms with Crippen LogP contribution in [-0.2, 0) is 0 Å². The Labute approximate surface area is 207 Å². The molecule has 0 spiro atoms. The number of anilines is 2. The van der Waals surface area contributed by atoms with Gasteiger partial charge in [0.05, 0.1) is 17.4 Å². The molecule has 0 atom stereocenters. The third-order valence-electron chi connectivity index (χ3n) is 6.13. The zero-order valence-corrected chi connectivity index (χ0v) is 21.5. The number of hydrogen-bond donors (Lipinski definition) is 3. The van der Waals surface area contributed by atoms with E-state index in [1.54, 1.807) is 6.33 Å². The minimum absolute atomic E-state index is 0.766. The van der Waals surface area contributed by atoms with Gasteiger partial charge in [0.1, 0.15) is 11.6 Å². The standard InChI is InChI=1S/C29H34N6/c1-18(2)11-13-30-24-9-7-22(15-32-24)26-20(5)21(6)27(29-28(26)34-17-35-29)23-8-10-25(33-16-23)31-14-12-19(3)4/h7-12,15-17H,13-14H2,1-6H3,(H,30,32)(H,31,33)(H,34,35). The van der Waals surface area contributed by atoms with Crippen molar-refractivity contribution in [1.82, 2.24) is 19.9 Å². The molecule has 0 aliphatic carbocycles. The molecular formula is C29H34N6. The van der Waals surface area contributed by atoms with E-state index in [2.05, 4.69) is 91.4 Å². The highest BCUT2D eigenvalue weighted by Gasteiger charge is 2.19. The molecule has 0 bridgehead atoms. The van der Waals surface area contributed by atoms with E-state index in [-0.39, 0.29) is 0 Å². The molecule has 3 aromatic heterocycles. The first-order valence-corrected chi connectivity index (χ1v) is 12.0. The predicted molar refractivity (Wildman–Crippen MR) is 148 cm³/mol. The van der Waals surface area contributed by atoms with Gasteiger partial charge in [0.25, 0.3) is 0 Å². The molecule has 4 aromatic rings. The van der Waals surface area contributed by atoms with Crippen LogP contribution in [0.5, 0.6) is 0 Å². The van der Waals surface area contributed by atoms with E-state index in [1.807, 2.05) is 24.5 Å². The fourth-order valence-corrected chi connectivity index (χ4v) is 4.14. The summed E-state index contributed by atoms with van der Waals surface area (Å²) in [5.74, 6) is 1.72. The first-order valence-electron chi connectivity index (χ1n) is 12.0. The molecule has 3 N–H and O–H groups in total. The van der Waals surface area contributed by atoms with Gasteiger partial charge in [0, 0.05) is 47.7 Å². The number of imidazole rings is 1. The van der Waals surface area contributed by atoms with E-state index in [0.717, 1.165) is 58.0 Å². The molecule has 3 heterocycles. The molecule has 0 aliphatic rings. The van der Waals surface area contributed by atoms with E-state index in [9.17, 15) is 0 Å². The van der Waals surface area contributed by atoms with Gasteiger partial charge >= 0.3 is 0 Å². The van der Waals surface area contributed by atoms with E-state index in [0.29, 0.717) is 0 Å². The lowest BCUT2D eigenvalue weighted by molar-refractivity contribution is 1.20. The van der Waals surface area contributed by atoms with Crippen LogP contribution in [0.15, 0.2) is 66.3 Å². The fraction of sp³-hybridized carbons (Fsp3) is 0.276. The Morgan fingerprint density at radius 2 is 1.26 bits per heavy atom. The molecule has 0 saturated heterocycles. The van der Waals surface area contributed by atoms with Crippen LogP contribution in [-0.4, -0.2) is 33.0 Å². The monoisotopic (exact) mass is 466 g/mol. The highest BCUT2D eigenvalue weighted by Crippen LogP contribution is 2.39. The SMILES string of the molecule is CC(C)=CCNc1ccc(-c2c(C)c(C)c(-c3ccc(NCC=C(C)C)nc3)c3[nH]cnc23)cn1. The number of nitrogens with one attached hydrogen (secondary N) is 3. The zero-order chi connectivity index (χ0) is 24.9. The van der Waals surface area contributed by atoms with Crippen LogP contribution < -0.4 is 10.6 Å². The zero-order valence-electron chi connectivity index (χ0n) is 21.5. The molecule has 0 fully saturated rings. The summed E-state index contributed by atoms with van der Waals surface area (Å²) in [6.07, 6.45) is 9.92. The lowest BCUT2D eigenvalue weighted by Gasteiger charge is -2.16.